The van der Waals surface area contributed by atoms with Crippen LogP contribution in [0.25, 0.3) is 0 Å². The van der Waals surface area contributed by atoms with E-state index in [4.69, 9.17) is 5.73 Å². The molecule has 0 aliphatic rings. The zero-order chi connectivity index (χ0) is 17.5. The highest BCUT2D eigenvalue weighted by atomic mass is 16.1. The highest BCUT2D eigenvalue weighted by Crippen LogP contribution is 2.11. The molecule has 0 radical (unpaired) electrons. The van der Waals surface area contributed by atoms with Crippen LogP contribution in [0.4, 0.5) is 0 Å². The number of aromatic nitrogens is 3. The average molecular weight is 333 g/mol. The van der Waals surface area contributed by atoms with Gasteiger partial charge in [-0.05, 0) is 36.4 Å². The third-order valence-electron chi connectivity index (χ3n) is 3.67. The largest absolute Gasteiger partial charge is 0.364 e. The van der Waals surface area contributed by atoms with Gasteiger partial charge in [0.15, 0.2) is 0 Å². The van der Waals surface area contributed by atoms with Crippen LogP contribution >= 0.6 is 0 Å². The third kappa shape index (κ3) is 4.92. The molecule has 3 rings (SSSR count). The summed E-state index contributed by atoms with van der Waals surface area (Å²) in [5.74, 6) is -0.525. The van der Waals surface area contributed by atoms with Gasteiger partial charge in [0.1, 0.15) is 5.69 Å². The Morgan fingerprint density at radius 3 is 1.88 bits per heavy atom. The summed E-state index contributed by atoms with van der Waals surface area (Å²) in [6, 6.07) is 17.0. The maximum Gasteiger partial charge on any atom is 0.267 e. The van der Waals surface area contributed by atoms with Crippen molar-refractivity contribution in [3.8, 4) is 0 Å². The topological polar surface area (TPSA) is 85.0 Å². The van der Waals surface area contributed by atoms with Gasteiger partial charge in [0.25, 0.3) is 5.91 Å². The predicted molar refractivity (Wildman–Crippen MR) is 94.2 cm³/mol. The first kappa shape index (κ1) is 16.7. The second-order valence-corrected chi connectivity index (χ2v) is 5.67. The number of carbonyl (C=O) groups is 1. The van der Waals surface area contributed by atoms with Crippen molar-refractivity contribution in [3.05, 3.63) is 89.8 Å². The van der Waals surface area contributed by atoms with E-state index in [-0.39, 0.29) is 5.69 Å². The van der Waals surface area contributed by atoms with E-state index in [9.17, 15) is 4.79 Å². The molecule has 0 saturated heterocycles. The van der Waals surface area contributed by atoms with Gasteiger partial charge in [0, 0.05) is 32.0 Å². The van der Waals surface area contributed by atoms with E-state index in [2.05, 4.69) is 19.9 Å². The Bertz CT molecular complexity index is 782. The molecule has 0 bridgehead atoms. The van der Waals surface area contributed by atoms with E-state index in [1.807, 2.05) is 42.5 Å². The van der Waals surface area contributed by atoms with Crippen molar-refractivity contribution in [1.29, 1.82) is 0 Å². The molecule has 0 unspecified atom stereocenters. The Morgan fingerprint density at radius 1 is 0.800 bits per heavy atom. The molecule has 0 aliphatic heterocycles. The number of primary amides is 1. The average Bonchev–Trinajstić information content (AvgIpc) is 2.63. The highest BCUT2D eigenvalue weighted by Gasteiger charge is 2.12. The Morgan fingerprint density at radius 2 is 1.36 bits per heavy atom. The van der Waals surface area contributed by atoms with E-state index in [1.54, 1.807) is 24.5 Å². The van der Waals surface area contributed by atoms with E-state index in [1.165, 1.54) is 0 Å². The fraction of sp³-hybridized carbons (Fsp3) is 0.158. The molecule has 0 saturated carbocycles. The van der Waals surface area contributed by atoms with Crippen LogP contribution < -0.4 is 5.73 Å². The number of carbonyl (C=O) groups excluding carboxylic acids is 1. The Labute approximate surface area is 146 Å². The quantitative estimate of drug-likeness (QED) is 0.716. The summed E-state index contributed by atoms with van der Waals surface area (Å²) in [5.41, 5.74) is 8.30. The van der Waals surface area contributed by atoms with Crippen molar-refractivity contribution >= 4 is 5.91 Å². The predicted octanol–water partition coefficient (Wildman–Crippen LogP) is 2.17. The van der Waals surface area contributed by atoms with Gasteiger partial charge in [-0.1, -0.05) is 18.2 Å². The van der Waals surface area contributed by atoms with Crippen molar-refractivity contribution in [2.75, 3.05) is 0 Å². The molecule has 1 amide bonds. The molecule has 0 atom stereocenters. The first-order valence-corrected chi connectivity index (χ1v) is 7.98. The number of hydrogen-bond acceptors (Lipinski definition) is 5. The molecule has 2 N–H and O–H groups in total. The molecular formula is C19H19N5O. The van der Waals surface area contributed by atoms with E-state index in [0.717, 1.165) is 17.1 Å². The molecule has 126 valence electrons. The SMILES string of the molecule is NC(=O)c1cccc(CN(Cc2ccccn2)Cc2ccccn2)n1. The molecule has 0 aromatic carbocycles. The molecule has 0 spiro atoms. The van der Waals surface area contributed by atoms with Gasteiger partial charge in [0.2, 0.25) is 0 Å². The molecular weight excluding hydrogens is 314 g/mol. The second-order valence-electron chi connectivity index (χ2n) is 5.67. The van der Waals surface area contributed by atoms with Crippen LogP contribution in [0.15, 0.2) is 67.0 Å². The minimum atomic E-state index is -0.525. The standard InChI is InChI=1S/C19H19N5O/c20-19(25)18-9-5-8-17(23-18)14-24(12-15-6-1-3-10-21-15)13-16-7-2-4-11-22-16/h1-11H,12-14H2,(H2,20,25). The van der Waals surface area contributed by atoms with Crippen LogP contribution in [0, 0.1) is 0 Å². The number of nitrogens with two attached hydrogens (primary N) is 1. The lowest BCUT2D eigenvalue weighted by Crippen LogP contribution is -2.24. The monoisotopic (exact) mass is 333 g/mol. The third-order valence-corrected chi connectivity index (χ3v) is 3.67. The molecule has 0 fully saturated rings. The summed E-state index contributed by atoms with van der Waals surface area (Å²) >= 11 is 0. The van der Waals surface area contributed by atoms with Crippen LogP contribution in [-0.2, 0) is 19.6 Å². The van der Waals surface area contributed by atoms with Crippen molar-refractivity contribution in [2.45, 2.75) is 19.6 Å². The van der Waals surface area contributed by atoms with Gasteiger partial charge in [0.05, 0.1) is 17.1 Å². The molecule has 0 aliphatic carbocycles. The first-order chi connectivity index (χ1) is 12.2. The lowest BCUT2D eigenvalue weighted by Gasteiger charge is -2.21. The summed E-state index contributed by atoms with van der Waals surface area (Å²) in [7, 11) is 0. The summed E-state index contributed by atoms with van der Waals surface area (Å²) in [5, 5.41) is 0. The van der Waals surface area contributed by atoms with Crippen molar-refractivity contribution in [2.24, 2.45) is 5.73 Å². The fourth-order valence-electron chi connectivity index (χ4n) is 2.54. The summed E-state index contributed by atoms with van der Waals surface area (Å²) in [4.78, 5) is 26.6. The van der Waals surface area contributed by atoms with Crippen molar-refractivity contribution < 1.29 is 4.79 Å². The number of pyridine rings is 3. The zero-order valence-electron chi connectivity index (χ0n) is 13.7. The van der Waals surface area contributed by atoms with Crippen molar-refractivity contribution in [1.82, 2.24) is 19.9 Å². The molecule has 3 heterocycles. The van der Waals surface area contributed by atoms with Gasteiger partial charge in [-0.2, -0.15) is 0 Å². The molecule has 3 aromatic rings. The first-order valence-electron chi connectivity index (χ1n) is 7.98. The molecule has 3 aromatic heterocycles. The maximum absolute atomic E-state index is 11.3. The minimum Gasteiger partial charge on any atom is -0.364 e. The minimum absolute atomic E-state index is 0.271. The Hall–Kier alpha value is -3.12. The van der Waals surface area contributed by atoms with Gasteiger partial charge < -0.3 is 5.73 Å². The number of nitrogens with zero attached hydrogens (tertiary/aromatic N) is 4. The zero-order valence-corrected chi connectivity index (χ0v) is 13.7. The normalized spacial score (nSPS) is 10.8. The summed E-state index contributed by atoms with van der Waals surface area (Å²) in [6.07, 6.45) is 3.56. The highest BCUT2D eigenvalue weighted by molar-refractivity contribution is 5.90. The Balaban J connectivity index is 1.80. The van der Waals surface area contributed by atoms with Gasteiger partial charge >= 0.3 is 0 Å². The van der Waals surface area contributed by atoms with Crippen molar-refractivity contribution in [3.63, 3.8) is 0 Å². The number of amides is 1. The smallest absolute Gasteiger partial charge is 0.267 e. The number of hydrogen-bond donors (Lipinski definition) is 1. The molecule has 6 heteroatoms. The molecule has 6 nitrogen and oxygen atoms in total. The van der Waals surface area contributed by atoms with Gasteiger partial charge in [-0.3, -0.25) is 19.7 Å². The van der Waals surface area contributed by atoms with E-state index < -0.39 is 5.91 Å². The van der Waals surface area contributed by atoms with Crippen LogP contribution in [0.3, 0.4) is 0 Å². The van der Waals surface area contributed by atoms with Crippen LogP contribution in [0.2, 0.25) is 0 Å². The van der Waals surface area contributed by atoms with Crippen LogP contribution in [0.5, 0.6) is 0 Å². The van der Waals surface area contributed by atoms with E-state index >= 15 is 0 Å². The fourth-order valence-corrected chi connectivity index (χ4v) is 2.54. The van der Waals surface area contributed by atoms with Gasteiger partial charge in [-0.25, -0.2) is 4.98 Å². The molecule has 25 heavy (non-hydrogen) atoms. The van der Waals surface area contributed by atoms with E-state index in [0.29, 0.717) is 19.6 Å². The van der Waals surface area contributed by atoms with Crippen LogP contribution in [0.1, 0.15) is 27.6 Å². The summed E-state index contributed by atoms with van der Waals surface area (Å²) < 4.78 is 0. The summed E-state index contributed by atoms with van der Waals surface area (Å²) in [6.45, 7) is 1.87. The lowest BCUT2D eigenvalue weighted by molar-refractivity contribution is 0.0995. The second kappa shape index (κ2) is 8.12. The Kier molecular flexibility index (Phi) is 5.43. The maximum atomic E-state index is 11.3. The lowest BCUT2D eigenvalue weighted by atomic mass is 10.2. The van der Waals surface area contributed by atoms with Crippen LogP contribution in [-0.4, -0.2) is 25.8 Å². The van der Waals surface area contributed by atoms with Gasteiger partial charge in [-0.15, -0.1) is 0 Å². The number of rotatable bonds is 7.